The molecule has 1 unspecified atom stereocenters. The molecule has 0 bridgehead atoms. The summed E-state index contributed by atoms with van der Waals surface area (Å²) in [6, 6.07) is 7.31. The van der Waals surface area contributed by atoms with Gasteiger partial charge in [0.1, 0.15) is 12.4 Å². The highest BCUT2D eigenvalue weighted by Crippen LogP contribution is 2.19. The number of hydrogen-bond donors (Lipinski definition) is 2. The average molecular weight is 236 g/mol. The van der Waals surface area contributed by atoms with Crippen molar-refractivity contribution in [1.29, 1.82) is 0 Å². The predicted molar refractivity (Wildman–Crippen MR) is 68.8 cm³/mol. The van der Waals surface area contributed by atoms with Crippen LogP contribution in [-0.4, -0.2) is 19.1 Å². The van der Waals surface area contributed by atoms with Crippen molar-refractivity contribution in [3.63, 3.8) is 0 Å². The van der Waals surface area contributed by atoms with E-state index in [2.05, 4.69) is 5.32 Å². The van der Waals surface area contributed by atoms with E-state index in [0.717, 1.165) is 6.42 Å². The van der Waals surface area contributed by atoms with Gasteiger partial charge in [0.15, 0.2) is 0 Å². The number of anilines is 1. The molecule has 4 heteroatoms. The molecule has 0 heterocycles. The number of benzene rings is 1. The van der Waals surface area contributed by atoms with Gasteiger partial charge >= 0.3 is 0 Å². The normalized spacial score (nSPS) is 11.9. The standard InChI is InChI=1S/C13H20N2O2/c1-3-10(2)13(16)15-8-9-17-12-7-5-4-6-11(12)14/h4-7,10H,3,8-9,14H2,1-2H3,(H,15,16). The Bertz CT molecular complexity index is 366. The third kappa shape index (κ3) is 4.34. The van der Waals surface area contributed by atoms with Crippen molar-refractivity contribution >= 4 is 11.6 Å². The van der Waals surface area contributed by atoms with Gasteiger partial charge in [-0.15, -0.1) is 0 Å². The molecule has 0 aliphatic rings. The fourth-order valence-corrected chi connectivity index (χ4v) is 1.31. The minimum Gasteiger partial charge on any atom is -0.490 e. The van der Waals surface area contributed by atoms with Gasteiger partial charge < -0.3 is 15.8 Å². The molecule has 0 saturated carbocycles. The minimum absolute atomic E-state index is 0.0526. The van der Waals surface area contributed by atoms with Crippen LogP contribution in [0.5, 0.6) is 5.75 Å². The molecule has 0 saturated heterocycles. The summed E-state index contributed by atoms with van der Waals surface area (Å²) < 4.78 is 5.46. The van der Waals surface area contributed by atoms with E-state index in [0.29, 0.717) is 24.6 Å². The minimum atomic E-state index is 0.0526. The van der Waals surface area contributed by atoms with Gasteiger partial charge in [-0.3, -0.25) is 4.79 Å². The molecule has 3 N–H and O–H groups in total. The fourth-order valence-electron chi connectivity index (χ4n) is 1.31. The van der Waals surface area contributed by atoms with Crippen molar-refractivity contribution in [2.75, 3.05) is 18.9 Å². The summed E-state index contributed by atoms with van der Waals surface area (Å²) >= 11 is 0. The molecule has 0 aliphatic carbocycles. The Morgan fingerprint density at radius 2 is 2.18 bits per heavy atom. The number of hydrogen-bond acceptors (Lipinski definition) is 3. The molecule has 4 nitrogen and oxygen atoms in total. The van der Waals surface area contributed by atoms with Crippen molar-refractivity contribution in [3.05, 3.63) is 24.3 Å². The Hall–Kier alpha value is -1.71. The molecular formula is C13H20N2O2. The lowest BCUT2D eigenvalue weighted by Crippen LogP contribution is -2.32. The second-order valence-electron chi connectivity index (χ2n) is 3.99. The van der Waals surface area contributed by atoms with Crippen molar-refractivity contribution in [2.45, 2.75) is 20.3 Å². The number of ether oxygens (including phenoxy) is 1. The zero-order valence-electron chi connectivity index (χ0n) is 10.4. The molecule has 0 aliphatic heterocycles. The maximum atomic E-state index is 11.5. The fraction of sp³-hybridized carbons (Fsp3) is 0.462. The van der Waals surface area contributed by atoms with E-state index < -0.39 is 0 Å². The first-order chi connectivity index (χ1) is 8.15. The van der Waals surface area contributed by atoms with Gasteiger partial charge in [-0.2, -0.15) is 0 Å². The first-order valence-corrected chi connectivity index (χ1v) is 5.90. The van der Waals surface area contributed by atoms with Crippen LogP contribution in [-0.2, 0) is 4.79 Å². The average Bonchev–Trinajstić information content (AvgIpc) is 2.35. The Balaban J connectivity index is 2.25. The van der Waals surface area contributed by atoms with Crippen LogP contribution >= 0.6 is 0 Å². The number of carbonyl (C=O) groups is 1. The summed E-state index contributed by atoms with van der Waals surface area (Å²) in [7, 11) is 0. The third-order valence-electron chi connectivity index (χ3n) is 2.64. The number of nitrogens with one attached hydrogen (secondary N) is 1. The molecule has 94 valence electrons. The molecule has 1 aromatic carbocycles. The maximum absolute atomic E-state index is 11.5. The van der Waals surface area contributed by atoms with E-state index in [1.165, 1.54) is 0 Å². The lowest BCUT2D eigenvalue weighted by atomic mass is 10.1. The van der Waals surface area contributed by atoms with Gasteiger partial charge in [0.25, 0.3) is 0 Å². The largest absolute Gasteiger partial charge is 0.490 e. The molecule has 1 rings (SSSR count). The Kier molecular flexibility index (Phi) is 5.33. The van der Waals surface area contributed by atoms with Gasteiger partial charge in [-0.1, -0.05) is 26.0 Å². The summed E-state index contributed by atoms with van der Waals surface area (Å²) in [5.74, 6) is 0.777. The summed E-state index contributed by atoms with van der Waals surface area (Å²) in [5.41, 5.74) is 6.33. The van der Waals surface area contributed by atoms with Gasteiger partial charge in [-0.25, -0.2) is 0 Å². The molecular weight excluding hydrogens is 216 g/mol. The first kappa shape index (κ1) is 13.4. The molecule has 0 fully saturated rings. The van der Waals surface area contributed by atoms with E-state index in [1.54, 1.807) is 6.07 Å². The number of amides is 1. The second-order valence-corrected chi connectivity index (χ2v) is 3.99. The number of carbonyl (C=O) groups excluding carboxylic acids is 1. The molecule has 1 amide bonds. The molecule has 17 heavy (non-hydrogen) atoms. The van der Waals surface area contributed by atoms with Crippen LogP contribution < -0.4 is 15.8 Å². The smallest absolute Gasteiger partial charge is 0.222 e. The summed E-state index contributed by atoms with van der Waals surface area (Å²) in [5, 5.41) is 2.82. The van der Waals surface area contributed by atoms with E-state index in [9.17, 15) is 4.79 Å². The monoisotopic (exact) mass is 236 g/mol. The number of nitrogens with two attached hydrogens (primary N) is 1. The van der Waals surface area contributed by atoms with Crippen LogP contribution in [0.4, 0.5) is 5.69 Å². The van der Waals surface area contributed by atoms with Gasteiger partial charge in [0.2, 0.25) is 5.91 Å². The van der Waals surface area contributed by atoms with E-state index in [-0.39, 0.29) is 11.8 Å². The Labute approximate surface area is 102 Å². The predicted octanol–water partition coefficient (Wildman–Crippen LogP) is 1.81. The third-order valence-corrected chi connectivity index (χ3v) is 2.64. The molecule has 1 atom stereocenters. The number of rotatable bonds is 6. The SMILES string of the molecule is CCC(C)C(=O)NCCOc1ccccc1N. The second kappa shape index (κ2) is 6.78. The quantitative estimate of drug-likeness (QED) is 0.585. The molecule has 1 aromatic rings. The Morgan fingerprint density at radius 1 is 1.47 bits per heavy atom. The zero-order chi connectivity index (χ0) is 12.7. The maximum Gasteiger partial charge on any atom is 0.222 e. The summed E-state index contributed by atoms with van der Waals surface area (Å²) in [6.07, 6.45) is 0.846. The van der Waals surface area contributed by atoms with Gasteiger partial charge in [0, 0.05) is 5.92 Å². The first-order valence-electron chi connectivity index (χ1n) is 5.90. The van der Waals surface area contributed by atoms with Crippen molar-refractivity contribution in [3.8, 4) is 5.75 Å². The highest BCUT2D eigenvalue weighted by molar-refractivity contribution is 5.78. The Morgan fingerprint density at radius 3 is 2.82 bits per heavy atom. The lowest BCUT2D eigenvalue weighted by molar-refractivity contribution is -0.124. The van der Waals surface area contributed by atoms with Crippen molar-refractivity contribution in [2.24, 2.45) is 5.92 Å². The lowest BCUT2D eigenvalue weighted by Gasteiger charge is -2.11. The topological polar surface area (TPSA) is 64.3 Å². The number of para-hydroxylation sites is 2. The van der Waals surface area contributed by atoms with Crippen LogP contribution in [0, 0.1) is 5.92 Å². The van der Waals surface area contributed by atoms with E-state index in [1.807, 2.05) is 32.0 Å². The van der Waals surface area contributed by atoms with Crippen LogP contribution in [0.1, 0.15) is 20.3 Å². The molecule has 0 aromatic heterocycles. The summed E-state index contributed by atoms with van der Waals surface area (Å²) in [6.45, 7) is 4.82. The van der Waals surface area contributed by atoms with Crippen molar-refractivity contribution < 1.29 is 9.53 Å². The molecule has 0 radical (unpaired) electrons. The van der Waals surface area contributed by atoms with Gasteiger partial charge in [0.05, 0.1) is 12.2 Å². The zero-order valence-corrected chi connectivity index (χ0v) is 10.4. The number of nitrogen functional groups attached to an aromatic ring is 1. The van der Waals surface area contributed by atoms with Crippen molar-refractivity contribution in [1.82, 2.24) is 5.32 Å². The highest BCUT2D eigenvalue weighted by atomic mass is 16.5. The summed E-state index contributed by atoms with van der Waals surface area (Å²) in [4.78, 5) is 11.5. The van der Waals surface area contributed by atoms with Crippen LogP contribution in [0.15, 0.2) is 24.3 Å². The van der Waals surface area contributed by atoms with E-state index >= 15 is 0 Å². The van der Waals surface area contributed by atoms with Crippen LogP contribution in [0.3, 0.4) is 0 Å². The van der Waals surface area contributed by atoms with Crippen LogP contribution in [0.2, 0.25) is 0 Å². The highest BCUT2D eigenvalue weighted by Gasteiger charge is 2.08. The van der Waals surface area contributed by atoms with E-state index in [4.69, 9.17) is 10.5 Å². The molecule has 0 spiro atoms. The van der Waals surface area contributed by atoms with Crippen LogP contribution in [0.25, 0.3) is 0 Å². The van der Waals surface area contributed by atoms with Gasteiger partial charge in [-0.05, 0) is 18.6 Å².